The van der Waals surface area contributed by atoms with Gasteiger partial charge in [-0.25, -0.2) is 9.78 Å². The lowest BCUT2D eigenvalue weighted by Crippen LogP contribution is -2.44. The molecule has 0 aliphatic carbocycles. The maximum absolute atomic E-state index is 12.2. The molecule has 21 heavy (non-hydrogen) atoms. The quantitative estimate of drug-likeness (QED) is 0.920. The van der Waals surface area contributed by atoms with Gasteiger partial charge >= 0.3 is 6.03 Å². The molecule has 6 nitrogen and oxygen atoms in total. The van der Waals surface area contributed by atoms with Crippen LogP contribution in [0.1, 0.15) is 19.3 Å². The number of nitrogens with zero attached hydrogens (tertiary/aromatic N) is 3. The predicted octanol–water partition coefficient (Wildman–Crippen LogP) is 1.54. The summed E-state index contributed by atoms with van der Waals surface area (Å²) >= 11 is 1.65. The third-order valence-corrected chi connectivity index (χ3v) is 4.81. The molecule has 116 valence electrons. The van der Waals surface area contributed by atoms with Crippen molar-refractivity contribution in [2.75, 3.05) is 44.2 Å². The van der Waals surface area contributed by atoms with E-state index in [0.717, 1.165) is 57.2 Å². The second kappa shape index (κ2) is 7.09. The normalized spacial score (nSPS) is 23.1. The van der Waals surface area contributed by atoms with Gasteiger partial charge in [-0.2, -0.15) is 0 Å². The first kappa shape index (κ1) is 14.6. The summed E-state index contributed by atoms with van der Waals surface area (Å²) in [7, 11) is 0. The predicted molar refractivity (Wildman–Crippen MR) is 82.9 cm³/mol. The van der Waals surface area contributed by atoms with Gasteiger partial charge in [0.05, 0.1) is 6.10 Å². The Balaban J connectivity index is 1.46. The first-order chi connectivity index (χ1) is 10.3. The molecule has 7 heteroatoms. The molecule has 2 fully saturated rings. The van der Waals surface area contributed by atoms with Crippen molar-refractivity contribution in [3.05, 3.63) is 11.6 Å². The Hall–Kier alpha value is -1.34. The van der Waals surface area contributed by atoms with Gasteiger partial charge in [-0.3, -0.25) is 0 Å². The lowest BCUT2D eigenvalue weighted by molar-refractivity contribution is 0.109. The number of hydrogen-bond acceptors (Lipinski definition) is 5. The highest BCUT2D eigenvalue weighted by Gasteiger charge is 2.22. The average Bonchev–Trinajstić information content (AvgIpc) is 3.15. The van der Waals surface area contributed by atoms with Crippen molar-refractivity contribution in [3.63, 3.8) is 0 Å². The zero-order valence-electron chi connectivity index (χ0n) is 12.2. The van der Waals surface area contributed by atoms with E-state index in [1.54, 1.807) is 11.3 Å². The second-order valence-electron chi connectivity index (χ2n) is 5.46. The van der Waals surface area contributed by atoms with Crippen molar-refractivity contribution in [1.29, 1.82) is 0 Å². The van der Waals surface area contributed by atoms with Crippen LogP contribution >= 0.6 is 11.3 Å². The summed E-state index contributed by atoms with van der Waals surface area (Å²) in [5.41, 5.74) is 0. The Morgan fingerprint density at radius 3 is 3.10 bits per heavy atom. The fourth-order valence-electron chi connectivity index (χ4n) is 2.80. The van der Waals surface area contributed by atoms with Crippen LogP contribution in [0.25, 0.3) is 0 Å². The largest absolute Gasteiger partial charge is 0.376 e. The molecule has 1 atom stereocenters. The molecule has 0 bridgehead atoms. The third-order valence-electron chi connectivity index (χ3n) is 3.98. The zero-order valence-corrected chi connectivity index (χ0v) is 13.0. The molecule has 0 aromatic carbocycles. The molecule has 3 heterocycles. The first-order valence-electron chi connectivity index (χ1n) is 7.62. The number of urea groups is 1. The van der Waals surface area contributed by atoms with E-state index < -0.39 is 0 Å². The summed E-state index contributed by atoms with van der Waals surface area (Å²) in [6, 6.07) is 0.0338. The minimum Gasteiger partial charge on any atom is -0.376 e. The lowest BCUT2D eigenvalue weighted by atomic mass is 10.2. The molecule has 2 saturated heterocycles. The number of carbonyl (C=O) groups excluding carboxylic acids is 1. The van der Waals surface area contributed by atoms with Gasteiger partial charge in [-0.15, -0.1) is 11.3 Å². The zero-order chi connectivity index (χ0) is 14.5. The number of ether oxygens (including phenoxy) is 1. The number of hydrogen-bond donors (Lipinski definition) is 1. The second-order valence-corrected chi connectivity index (χ2v) is 6.34. The molecule has 1 aromatic rings. The van der Waals surface area contributed by atoms with Crippen LogP contribution in [0.3, 0.4) is 0 Å². The summed E-state index contributed by atoms with van der Waals surface area (Å²) in [6.07, 6.45) is 5.17. The Morgan fingerprint density at radius 1 is 1.38 bits per heavy atom. The Bertz CT molecular complexity index is 448. The smallest absolute Gasteiger partial charge is 0.317 e. The molecule has 1 aromatic heterocycles. The Morgan fingerprint density at radius 2 is 2.33 bits per heavy atom. The topological polar surface area (TPSA) is 57.7 Å². The fourth-order valence-corrected chi connectivity index (χ4v) is 3.50. The van der Waals surface area contributed by atoms with E-state index >= 15 is 0 Å². The van der Waals surface area contributed by atoms with Crippen molar-refractivity contribution in [2.24, 2.45) is 0 Å². The Labute approximate surface area is 129 Å². The summed E-state index contributed by atoms with van der Waals surface area (Å²) < 4.78 is 5.53. The number of thiazole rings is 1. The first-order valence-corrected chi connectivity index (χ1v) is 8.50. The third kappa shape index (κ3) is 3.85. The molecular formula is C14H22N4O2S. The summed E-state index contributed by atoms with van der Waals surface area (Å²) in [5.74, 6) is 0. The molecule has 2 amide bonds. The molecule has 3 rings (SSSR count). The highest BCUT2D eigenvalue weighted by atomic mass is 32.1. The molecule has 0 unspecified atom stereocenters. The summed E-state index contributed by atoms with van der Waals surface area (Å²) in [4.78, 5) is 20.7. The lowest BCUT2D eigenvalue weighted by Gasteiger charge is -2.22. The molecular weight excluding hydrogens is 288 g/mol. The number of amides is 2. The van der Waals surface area contributed by atoms with Crippen LogP contribution < -0.4 is 10.2 Å². The van der Waals surface area contributed by atoms with Gasteiger partial charge in [0.2, 0.25) is 0 Å². The Kier molecular flexibility index (Phi) is 4.92. The van der Waals surface area contributed by atoms with Crippen molar-refractivity contribution in [1.82, 2.24) is 15.2 Å². The highest BCUT2D eigenvalue weighted by Crippen LogP contribution is 2.19. The van der Waals surface area contributed by atoms with Crippen LogP contribution in [-0.2, 0) is 4.74 Å². The van der Waals surface area contributed by atoms with Crippen LogP contribution in [0.2, 0.25) is 0 Å². The van der Waals surface area contributed by atoms with E-state index in [2.05, 4.69) is 15.2 Å². The maximum Gasteiger partial charge on any atom is 0.317 e. The van der Waals surface area contributed by atoms with E-state index in [1.165, 1.54) is 0 Å². The number of nitrogens with one attached hydrogen (secondary N) is 1. The van der Waals surface area contributed by atoms with Gasteiger partial charge < -0.3 is 19.9 Å². The molecule has 2 aliphatic rings. The number of rotatable bonds is 3. The fraction of sp³-hybridized carbons (Fsp3) is 0.714. The van der Waals surface area contributed by atoms with Gasteiger partial charge in [0.1, 0.15) is 0 Å². The monoisotopic (exact) mass is 310 g/mol. The minimum atomic E-state index is 0.0338. The number of aromatic nitrogens is 1. The molecule has 1 N–H and O–H groups in total. The molecule has 0 radical (unpaired) electrons. The average molecular weight is 310 g/mol. The van der Waals surface area contributed by atoms with E-state index in [-0.39, 0.29) is 12.1 Å². The van der Waals surface area contributed by atoms with Crippen molar-refractivity contribution in [3.8, 4) is 0 Å². The van der Waals surface area contributed by atoms with Gasteiger partial charge in [-0.1, -0.05) is 0 Å². The van der Waals surface area contributed by atoms with Crippen molar-refractivity contribution < 1.29 is 9.53 Å². The SMILES string of the molecule is O=C(NC[C@H]1CCCO1)N1CCCN(c2nccs2)CC1. The molecule has 0 saturated carbocycles. The summed E-state index contributed by atoms with van der Waals surface area (Å²) in [5, 5.41) is 6.05. The van der Waals surface area contributed by atoms with E-state index in [4.69, 9.17) is 4.74 Å². The standard InChI is InChI=1S/C14H22N4O2S/c19-13(16-11-12-3-1-9-20-12)17-5-2-6-18(8-7-17)14-15-4-10-21-14/h4,10,12H,1-3,5-9,11H2,(H,16,19)/t12-/m1/s1. The number of carbonyl (C=O) groups is 1. The minimum absolute atomic E-state index is 0.0338. The van der Waals surface area contributed by atoms with E-state index in [1.807, 2.05) is 16.5 Å². The van der Waals surface area contributed by atoms with Crippen molar-refractivity contribution in [2.45, 2.75) is 25.4 Å². The number of anilines is 1. The van der Waals surface area contributed by atoms with Gasteiger partial charge in [0, 0.05) is 50.9 Å². The van der Waals surface area contributed by atoms with Crippen LogP contribution in [0.15, 0.2) is 11.6 Å². The highest BCUT2D eigenvalue weighted by molar-refractivity contribution is 7.13. The van der Waals surface area contributed by atoms with Crippen molar-refractivity contribution >= 4 is 22.5 Å². The van der Waals surface area contributed by atoms with E-state index in [0.29, 0.717) is 6.54 Å². The van der Waals surface area contributed by atoms with Crippen LogP contribution in [0.5, 0.6) is 0 Å². The maximum atomic E-state index is 12.2. The van der Waals surface area contributed by atoms with Gasteiger partial charge in [0.25, 0.3) is 0 Å². The van der Waals surface area contributed by atoms with Crippen LogP contribution in [0.4, 0.5) is 9.93 Å². The summed E-state index contributed by atoms with van der Waals surface area (Å²) in [6.45, 7) is 4.82. The van der Waals surface area contributed by atoms with Crippen LogP contribution in [-0.4, -0.2) is 61.3 Å². The van der Waals surface area contributed by atoms with Gasteiger partial charge in [-0.05, 0) is 19.3 Å². The molecule has 2 aliphatic heterocycles. The van der Waals surface area contributed by atoms with Crippen LogP contribution in [0, 0.1) is 0 Å². The van der Waals surface area contributed by atoms with E-state index in [9.17, 15) is 4.79 Å². The molecule has 0 spiro atoms. The van der Waals surface area contributed by atoms with Gasteiger partial charge in [0.15, 0.2) is 5.13 Å².